The van der Waals surface area contributed by atoms with Crippen molar-refractivity contribution in [2.45, 2.75) is 18.6 Å². The van der Waals surface area contributed by atoms with Gasteiger partial charge in [-0.3, -0.25) is 0 Å². The summed E-state index contributed by atoms with van der Waals surface area (Å²) < 4.78 is 10.7. The number of hydrogen-bond donors (Lipinski definition) is 1. The number of nitrogens with zero attached hydrogens (tertiary/aromatic N) is 3. The Hall–Kier alpha value is -3.24. The number of nitriles is 1. The summed E-state index contributed by atoms with van der Waals surface area (Å²) in [6.07, 6.45) is 1.91. The zero-order valence-corrected chi connectivity index (χ0v) is 17.6. The van der Waals surface area contributed by atoms with Gasteiger partial charge < -0.3 is 14.8 Å². The molecule has 2 aromatic carbocycles. The summed E-state index contributed by atoms with van der Waals surface area (Å²) in [6.45, 7) is 2.61. The van der Waals surface area contributed by atoms with Crippen LogP contribution >= 0.6 is 11.8 Å². The predicted molar refractivity (Wildman–Crippen MR) is 116 cm³/mol. The average Bonchev–Trinajstić information content (AvgIpc) is 2.77. The van der Waals surface area contributed by atoms with Gasteiger partial charge in [0.25, 0.3) is 0 Å². The molecule has 3 aromatic rings. The number of methoxy groups -OCH3 is 2. The van der Waals surface area contributed by atoms with Crippen LogP contribution in [-0.2, 0) is 6.54 Å². The summed E-state index contributed by atoms with van der Waals surface area (Å²) >= 11 is 1.42. The minimum Gasteiger partial charge on any atom is -0.493 e. The zero-order valence-electron chi connectivity index (χ0n) is 16.8. The van der Waals surface area contributed by atoms with Gasteiger partial charge in [0, 0.05) is 12.1 Å². The third kappa shape index (κ3) is 4.61. The summed E-state index contributed by atoms with van der Waals surface area (Å²) in [6, 6.07) is 16.0. The van der Waals surface area contributed by atoms with Crippen molar-refractivity contribution in [3.05, 3.63) is 59.2 Å². The number of rotatable bonds is 7. The Kier molecular flexibility index (Phi) is 6.57. The molecular weight excluding hydrogens is 384 g/mol. The number of aryl methyl sites for hydroxylation is 1. The highest BCUT2D eigenvalue weighted by atomic mass is 32.2. The highest BCUT2D eigenvalue weighted by molar-refractivity contribution is 7.98. The lowest BCUT2D eigenvalue weighted by molar-refractivity contribution is 0.355. The fourth-order valence-electron chi connectivity index (χ4n) is 2.85. The minimum absolute atomic E-state index is 0.391. The lowest BCUT2D eigenvalue weighted by Gasteiger charge is -2.14. The van der Waals surface area contributed by atoms with Crippen LogP contribution in [0.3, 0.4) is 0 Å². The van der Waals surface area contributed by atoms with Crippen LogP contribution < -0.4 is 14.8 Å². The fraction of sp³-hybridized carbons (Fsp3) is 0.227. The van der Waals surface area contributed by atoms with Gasteiger partial charge in [-0.1, -0.05) is 41.6 Å². The molecule has 148 valence electrons. The van der Waals surface area contributed by atoms with Crippen LogP contribution in [0.1, 0.15) is 16.7 Å². The fourth-order valence-corrected chi connectivity index (χ4v) is 3.21. The third-order valence-electron chi connectivity index (χ3n) is 4.42. The lowest BCUT2D eigenvalue weighted by Crippen LogP contribution is -2.07. The Morgan fingerprint density at radius 3 is 2.38 bits per heavy atom. The van der Waals surface area contributed by atoms with Gasteiger partial charge in [-0.05, 0) is 36.9 Å². The molecule has 0 amide bonds. The Bertz CT molecular complexity index is 1050. The SMILES string of the molecule is COc1ccc(-c2nc(SC)nc(NCc3ccc(C)cc3)c2C#N)cc1OC. The molecule has 1 aromatic heterocycles. The maximum atomic E-state index is 9.85. The number of ether oxygens (including phenoxy) is 2. The van der Waals surface area contributed by atoms with Gasteiger partial charge >= 0.3 is 0 Å². The first kappa shape index (κ1) is 20.5. The molecule has 29 heavy (non-hydrogen) atoms. The molecule has 7 heteroatoms. The second-order valence-corrected chi connectivity index (χ2v) is 7.08. The molecule has 0 radical (unpaired) electrons. The highest BCUT2D eigenvalue weighted by Crippen LogP contribution is 2.35. The maximum Gasteiger partial charge on any atom is 0.189 e. The Balaban J connectivity index is 2.02. The number of aromatic nitrogens is 2. The summed E-state index contributed by atoms with van der Waals surface area (Å²) in [7, 11) is 3.16. The van der Waals surface area contributed by atoms with Crippen LogP contribution in [-0.4, -0.2) is 30.4 Å². The summed E-state index contributed by atoms with van der Waals surface area (Å²) in [5.74, 6) is 1.70. The van der Waals surface area contributed by atoms with E-state index in [4.69, 9.17) is 9.47 Å². The van der Waals surface area contributed by atoms with E-state index in [0.29, 0.717) is 40.3 Å². The van der Waals surface area contributed by atoms with Crippen molar-refractivity contribution in [1.82, 2.24) is 9.97 Å². The maximum absolute atomic E-state index is 9.85. The molecule has 0 atom stereocenters. The molecule has 0 saturated carbocycles. The number of nitrogens with one attached hydrogen (secondary N) is 1. The van der Waals surface area contributed by atoms with Gasteiger partial charge in [-0.2, -0.15) is 5.26 Å². The van der Waals surface area contributed by atoms with Gasteiger partial charge in [0.1, 0.15) is 17.5 Å². The molecule has 3 rings (SSSR count). The van der Waals surface area contributed by atoms with Crippen LogP contribution in [0.5, 0.6) is 11.5 Å². The molecule has 1 N–H and O–H groups in total. The van der Waals surface area contributed by atoms with E-state index in [1.54, 1.807) is 20.3 Å². The predicted octanol–water partition coefficient (Wildman–Crippen LogP) is 4.67. The van der Waals surface area contributed by atoms with Gasteiger partial charge in [-0.15, -0.1) is 0 Å². The highest BCUT2D eigenvalue weighted by Gasteiger charge is 2.17. The monoisotopic (exact) mass is 406 g/mol. The van der Waals surface area contributed by atoms with Crippen LogP contribution in [0.4, 0.5) is 5.82 Å². The Morgan fingerprint density at radius 2 is 1.76 bits per heavy atom. The standard InChI is InChI=1S/C22H22N4O2S/c1-14-5-7-15(8-6-14)13-24-21-17(12-23)20(25-22(26-21)29-4)16-9-10-18(27-2)19(11-16)28-3/h5-11H,13H2,1-4H3,(H,24,25,26). The van der Waals surface area contributed by atoms with Crippen molar-refractivity contribution in [2.24, 2.45) is 0 Å². The second kappa shape index (κ2) is 9.30. The molecular formula is C22H22N4O2S. The zero-order chi connectivity index (χ0) is 20.8. The average molecular weight is 407 g/mol. The van der Waals surface area contributed by atoms with Crippen molar-refractivity contribution in [1.29, 1.82) is 5.26 Å². The first-order chi connectivity index (χ1) is 14.1. The lowest BCUT2D eigenvalue weighted by atomic mass is 10.1. The molecule has 0 aliphatic rings. The number of anilines is 1. The van der Waals surface area contributed by atoms with Crippen molar-refractivity contribution in [3.8, 4) is 28.8 Å². The van der Waals surface area contributed by atoms with Crippen molar-refractivity contribution >= 4 is 17.6 Å². The largest absolute Gasteiger partial charge is 0.493 e. The Labute approximate surface area is 174 Å². The van der Waals surface area contributed by atoms with Gasteiger partial charge in [0.2, 0.25) is 0 Å². The molecule has 0 fully saturated rings. The van der Waals surface area contributed by atoms with E-state index in [9.17, 15) is 5.26 Å². The van der Waals surface area contributed by atoms with E-state index >= 15 is 0 Å². The summed E-state index contributed by atoms with van der Waals surface area (Å²) in [4.78, 5) is 9.10. The number of benzene rings is 2. The van der Waals surface area contributed by atoms with Crippen LogP contribution in [0, 0.1) is 18.3 Å². The van der Waals surface area contributed by atoms with E-state index < -0.39 is 0 Å². The molecule has 0 aliphatic carbocycles. The molecule has 0 unspecified atom stereocenters. The molecule has 0 spiro atoms. The van der Waals surface area contributed by atoms with Crippen LogP contribution in [0.25, 0.3) is 11.3 Å². The molecule has 1 heterocycles. The van der Waals surface area contributed by atoms with Crippen molar-refractivity contribution in [2.75, 3.05) is 25.8 Å². The van der Waals surface area contributed by atoms with Gasteiger partial charge in [0.15, 0.2) is 16.7 Å². The first-order valence-corrected chi connectivity index (χ1v) is 10.2. The van der Waals surface area contributed by atoms with Crippen molar-refractivity contribution in [3.63, 3.8) is 0 Å². The van der Waals surface area contributed by atoms with Crippen molar-refractivity contribution < 1.29 is 9.47 Å². The minimum atomic E-state index is 0.391. The smallest absolute Gasteiger partial charge is 0.189 e. The quantitative estimate of drug-likeness (QED) is 0.451. The Morgan fingerprint density at radius 1 is 1.03 bits per heavy atom. The first-order valence-electron chi connectivity index (χ1n) is 8.97. The summed E-state index contributed by atoms with van der Waals surface area (Å²) in [5.41, 5.74) is 4.02. The van der Waals surface area contributed by atoms with Crippen LogP contribution in [0.2, 0.25) is 0 Å². The van der Waals surface area contributed by atoms with E-state index in [1.807, 2.05) is 18.4 Å². The third-order valence-corrected chi connectivity index (χ3v) is 4.97. The number of thioether (sulfide) groups is 1. The van der Waals surface area contributed by atoms with E-state index in [1.165, 1.54) is 17.3 Å². The van der Waals surface area contributed by atoms with Crippen LogP contribution in [0.15, 0.2) is 47.6 Å². The summed E-state index contributed by atoms with van der Waals surface area (Å²) in [5, 5.41) is 13.7. The van der Waals surface area contributed by atoms with Gasteiger partial charge in [-0.25, -0.2) is 9.97 Å². The number of hydrogen-bond acceptors (Lipinski definition) is 7. The molecule has 6 nitrogen and oxygen atoms in total. The topological polar surface area (TPSA) is 80.1 Å². The van der Waals surface area contributed by atoms with Gasteiger partial charge in [0.05, 0.1) is 19.9 Å². The van der Waals surface area contributed by atoms with E-state index in [-0.39, 0.29) is 0 Å². The normalized spacial score (nSPS) is 10.3. The molecule has 0 saturated heterocycles. The molecule has 0 aliphatic heterocycles. The van der Waals surface area contributed by atoms with E-state index in [2.05, 4.69) is 52.5 Å². The molecule has 0 bridgehead atoms. The second-order valence-electron chi connectivity index (χ2n) is 6.30. The van der Waals surface area contributed by atoms with E-state index in [0.717, 1.165) is 11.1 Å².